The first-order chi connectivity index (χ1) is 14.3. The maximum Gasteiger partial charge on any atom is 0.321 e. The molecule has 0 bridgehead atoms. The fraction of sp³-hybridized carbons (Fsp3) is 0.591. The van der Waals surface area contributed by atoms with E-state index >= 15 is 0 Å². The van der Waals surface area contributed by atoms with Gasteiger partial charge in [-0.05, 0) is 50.5 Å². The van der Waals surface area contributed by atoms with Gasteiger partial charge in [0.05, 0.1) is 5.41 Å². The summed E-state index contributed by atoms with van der Waals surface area (Å²) in [6, 6.07) is 6.89. The largest absolute Gasteiger partial charge is 0.342 e. The van der Waals surface area contributed by atoms with Gasteiger partial charge in [-0.15, -0.1) is 0 Å². The molecule has 4 amide bonds. The molecule has 7 nitrogen and oxygen atoms in total. The number of amides is 4. The number of anilines is 1. The number of carbonyl (C=O) groups excluding carboxylic acids is 3. The Morgan fingerprint density at radius 1 is 1.03 bits per heavy atom. The number of likely N-dealkylation sites (tertiary alicyclic amines) is 3. The zero-order valence-electron chi connectivity index (χ0n) is 17.6. The van der Waals surface area contributed by atoms with Crippen molar-refractivity contribution in [2.45, 2.75) is 33.1 Å². The number of halogens is 1. The van der Waals surface area contributed by atoms with Crippen LogP contribution in [0.15, 0.2) is 24.3 Å². The van der Waals surface area contributed by atoms with Gasteiger partial charge in [-0.25, -0.2) is 4.79 Å². The average Bonchev–Trinajstić information content (AvgIpc) is 3.23. The molecular formula is C22H29ClN4O3. The highest BCUT2D eigenvalue weighted by Gasteiger charge is 2.65. The molecular weight excluding hydrogens is 404 g/mol. The zero-order valence-corrected chi connectivity index (χ0v) is 18.4. The molecule has 3 saturated heterocycles. The van der Waals surface area contributed by atoms with Crippen LogP contribution < -0.4 is 5.32 Å². The highest BCUT2D eigenvalue weighted by molar-refractivity contribution is 6.30. The number of benzene rings is 1. The van der Waals surface area contributed by atoms with Gasteiger partial charge in [0.1, 0.15) is 0 Å². The van der Waals surface area contributed by atoms with Crippen LogP contribution in [0.5, 0.6) is 0 Å². The van der Waals surface area contributed by atoms with E-state index in [0.29, 0.717) is 43.4 Å². The van der Waals surface area contributed by atoms with Crippen molar-refractivity contribution in [2.24, 2.45) is 10.8 Å². The predicted octanol–water partition coefficient (Wildman–Crippen LogP) is 3.05. The Morgan fingerprint density at radius 2 is 1.70 bits per heavy atom. The topological polar surface area (TPSA) is 73.0 Å². The molecule has 1 atom stereocenters. The van der Waals surface area contributed by atoms with Crippen molar-refractivity contribution in [2.75, 3.05) is 44.6 Å². The lowest BCUT2D eigenvalue weighted by molar-refractivity contribution is -0.141. The number of carbonyl (C=O) groups is 3. The lowest BCUT2D eigenvalue weighted by atomic mass is 9.60. The molecule has 3 aliphatic rings. The summed E-state index contributed by atoms with van der Waals surface area (Å²) in [7, 11) is 0. The van der Waals surface area contributed by atoms with Crippen LogP contribution in [-0.2, 0) is 9.59 Å². The Bertz CT molecular complexity index is 850. The molecule has 4 rings (SSSR count). The maximum atomic E-state index is 13.4. The Morgan fingerprint density at radius 3 is 2.27 bits per heavy atom. The third kappa shape index (κ3) is 3.33. The summed E-state index contributed by atoms with van der Waals surface area (Å²) >= 11 is 5.91. The molecule has 3 aliphatic heterocycles. The van der Waals surface area contributed by atoms with Gasteiger partial charge in [-0.2, -0.15) is 0 Å². The Hall–Kier alpha value is -2.28. The van der Waals surface area contributed by atoms with Gasteiger partial charge in [0.2, 0.25) is 11.8 Å². The molecule has 1 unspecified atom stereocenters. The third-order valence-corrected chi connectivity index (χ3v) is 7.66. The number of urea groups is 1. The molecule has 2 spiro atoms. The summed E-state index contributed by atoms with van der Waals surface area (Å²) in [6.07, 6.45) is 2.25. The van der Waals surface area contributed by atoms with Gasteiger partial charge in [-0.3, -0.25) is 9.59 Å². The van der Waals surface area contributed by atoms with E-state index in [-0.39, 0.29) is 23.3 Å². The van der Waals surface area contributed by atoms with E-state index in [1.807, 2.05) is 16.7 Å². The number of nitrogens with one attached hydrogen (secondary N) is 1. The van der Waals surface area contributed by atoms with Gasteiger partial charge >= 0.3 is 6.03 Å². The normalized spacial score (nSPS) is 25.4. The quantitative estimate of drug-likeness (QED) is 0.780. The Balaban J connectivity index is 1.49. The lowest BCUT2D eigenvalue weighted by Gasteiger charge is -2.46. The second-order valence-electron chi connectivity index (χ2n) is 8.80. The van der Waals surface area contributed by atoms with Gasteiger partial charge < -0.3 is 20.0 Å². The van der Waals surface area contributed by atoms with E-state index in [1.54, 1.807) is 36.1 Å². The smallest absolute Gasteiger partial charge is 0.321 e. The minimum atomic E-state index is -0.507. The van der Waals surface area contributed by atoms with Crippen molar-refractivity contribution in [3.8, 4) is 0 Å². The van der Waals surface area contributed by atoms with Crippen LogP contribution >= 0.6 is 11.6 Å². The highest BCUT2D eigenvalue weighted by atomic mass is 35.5. The van der Waals surface area contributed by atoms with Gasteiger partial charge in [0, 0.05) is 62.3 Å². The molecule has 1 N–H and O–H groups in total. The van der Waals surface area contributed by atoms with E-state index < -0.39 is 5.41 Å². The molecule has 1 aromatic rings. The molecule has 1 aromatic carbocycles. The SMILES string of the molecule is CCN1CCC2(CN(C(C)=O)CC23CCN(C(=O)Nc2ccc(Cl)cc2)CC3)C1=O. The van der Waals surface area contributed by atoms with E-state index in [2.05, 4.69) is 5.32 Å². The summed E-state index contributed by atoms with van der Waals surface area (Å²) in [4.78, 5) is 43.9. The second kappa shape index (κ2) is 7.76. The zero-order chi connectivity index (χ0) is 21.5. The second-order valence-corrected chi connectivity index (χ2v) is 9.23. The first-order valence-corrected chi connectivity index (χ1v) is 11.0. The Kier molecular flexibility index (Phi) is 5.43. The van der Waals surface area contributed by atoms with Crippen LogP contribution in [0.25, 0.3) is 0 Å². The van der Waals surface area contributed by atoms with Crippen LogP contribution in [0.4, 0.5) is 10.5 Å². The molecule has 3 fully saturated rings. The molecule has 30 heavy (non-hydrogen) atoms. The molecule has 0 aromatic heterocycles. The van der Waals surface area contributed by atoms with Gasteiger partial charge in [-0.1, -0.05) is 11.6 Å². The number of rotatable bonds is 2. The summed E-state index contributed by atoms with van der Waals surface area (Å²) in [5, 5.41) is 3.54. The van der Waals surface area contributed by atoms with E-state index in [4.69, 9.17) is 11.6 Å². The summed E-state index contributed by atoms with van der Waals surface area (Å²) in [5.74, 6) is 0.213. The van der Waals surface area contributed by atoms with Crippen LogP contribution in [0.1, 0.15) is 33.1 Å². The van der Waals surface area contributed by atoms with Gasteiger partial charge in [0.15, 0.2) is 0 Å². The van der Waals surface area contributed by atoms with Crippen molar-refractivity contribution in [1.29, 1.82) is 0 Å². The molecule has 162 valence electrons. The van der Waals surface area contributed by atoms with Gasteiger partial charge in [0.25, 0.3) is 0 Å². The minimum Gasteiger partial charge on any atom is -0.342 e. The Labute approximate surface area is 182 Å². The van der Waals surface area contributed by atoms with Crippen molar-refractivity contribution < 1.29 is 14.4 Å². The summed E-state index contributed by atoms with van der Waals surface area (Å²) in [6.45, 7) is 7.31. The number of hydrogen-bond acceptors (Lipinski definition) is 3. The molecule has 3 heterocycles. The first kappa shape index (κ1) is 21.0. The summed E-state index contributed by atoms with van der Waals surface area (Å²) in [5.41, 5.74) is -0.0567. The van der Waals surface area contributed by atoms with Crippen molar-refractivity contribution in [3.63, 3.8) is 0 Å². The molecule has 0 saturated carbocycles. The van der Waals surface area contributed by atoms with Crippen LogP contribution in [-0.4, -0.2) is 71.8 Å². The minimum absolute atomic E-state index is 0.0249. The molecule has 0 radical (unpaired) electrons. The lowest BCUT2D eigenvalue weighted by Crippen LogP contribution is -2.54. The van der Waals surface area contributed by atoms with Crippen molar-refractivity contribution in [3.05, 3.63) is 29.3 Å². The number of hydrogen-bond donors (Lipinski definition) is 1. The van der Waals surface area contributed by atoms with E-state index in [0.717, 1.165) is 25.8 Å². The molecule has 8 heteroatoms. The summed E-state index contributed by atoms with van der Waals surface area (Å²) < 4.78 is 0. The fourth-order valence-electron chi connectivity index (χ4n) is 5.58. The number of fused-ring (bicyclic) bond motifs is 1. The van der Waals surface area contributed by atoms with Crippen molar-refractivity contribution >= 4 is 35.1 Å². The van der Waals surface area contributed by atoms with E-state index in [1.165, 1.54) is 0 Å². The highest BCUT2D eigenvalue weighted by Crippen LogP contribution is 2.57. The monoisotopic (exact) mass is 432 g/mol. The van der Waals surface area contributed by atoms with E-state index in [9.17, 15) is 14.4 Å². The van der Waals surface area contributed by atoms with Crippen LogP contribution in [0.2, 0.25) is 5.02 Å². The number of nitrogens with zero attached hydrogens (tertiary/aromatic N) is 3. The van der Waals surface area contributed by atoms with Crippen LogP contribution in [0, 0.1) is 10.8 Å². The van der Waals surface area contributed by atoms with Crippen molar-refractivity contribution in [1.82, 2.24) is 14.7 Å². The number of piperidine rings is 1. The molecule has 0 aliphatic carbocycles. The third-order valence-electron chi connectivity index (χ3n) is 7.40. The van der Waals surface area contributed by atoms with Crippen LogP contribution in [0.3, 0.4) is 0 Å². The maximum absolute atomic E-state index is 13.4. The predicted molar refractivity (Wildman–Crippen MR) is 115 cm³/mol. The first-order valence-electron chi connectivity index (χ1n) is 10.7. The standard InChI is InChI=1S/C22H29ClN4O3/c1-3-25-13-10-22(19(25)29)15-27(16(2)28)14-21(22)8-11-26(12-9-21)20(30)24-18-6-4-17(23)5-7-18/h4-7H,3,8-15H2,1-2H3,(H,24,30). The fourth-order valence-corrected chi connectivity index (χ4v) is 5.70. The average molecular weight is 433 g/mol.